The van der Waals surface area contributed by atoms with E-state index in [-0.39, 0.29) is 11.9 Å². The van der Waals surface area contributed by atoms with Gasteiger partial charge in [-0.15, -0.1) is 0 Å². The summed E-state index contributed by atoms with van der Waals surface area (Å²) in [4.78, 5) is 4.31. The molecule has 2 nitrogen and oxygen atoms in total. The fraction of sp³-hybridized carbons (Fsp3) is 0.118. The van der Waals surface area contributed by atoms with Gasteiger partial charge in [0, 0.05) is 17.1 Å². The first-order chi connectivity index (χ1) is 10.2. The topological polar surface area (TPSA) is 24.9 Å². The summed E-state index contributed by atoms with van der Waals surface area (Å²) < 4.78 is 14.8. The van der Waals surface area contributed by atoms with Crippen LogP contribution in [0.4, 0.5) is 4.39 Å². The number of pyridine rings is 1. The van der Waals surface area contributed by atoms with E-state index in [0.29, 0.717) is 10.0 Å². The summed E-state index contributed by atoms with van der Waals surface area (Å²) in [7, 11) is 1.83. The lowest BCUT2D eigenvalue weighted by Gasteiger charge is -2.19. The number of nitrogens with one attached hydrogen (secondary N) is 1. The molecule has 0 radical (unpaired) electrons. The molecule has 0 spiro atoms. The minimum absolute atomic E-state index is 0.202. The van der Waals surface area contributed by atoms with E-state index in [1.54, 1.807) is 18.3 Å². The smallest absolute Gasteiger partial charge is 0.142 e. The predicted molar refractivity (Wildman–Crippen MR) is 86.7 cm³/mol. The highest BCUT2D eigenvalue weighted by molar-refractivity contribution is 9.10. The van der Waals surface area contributed by atoms with Gasteiger partial charge in [-0.25, -0.2) is 4.39 Å². The van der Waals surface area contributed by atoms with Gasteiger partial charge in [-0.05, 0) is 52.8 Å². The second kappa shape index (κ2) is 5.92. The summed E-state index contributed by atoms with van der Waals surface area (Å²) in [5.74, 6) is -0.233. The van der Waals surface area contributed by atoms with Gasteiger partial charge in [-0.3, -0.25) is 4.98 Å². The maximum absolute atomic E-state index is 14.3. The second-order valence-electron chi connectivity index (χ2n) is 4.82. The van der Waals surface area contributed by atoms with Crippen molar-refractivity contribution in [2.75, 3.05) is 7.05 Å². The SMILES string of the molecule is CNC(c1ccc2ncccc2c1)c1cccc(Br)c1F. The Labute approximate surface area is 131 Å². The van der Waals surface area contributed by atoms with Gasteiger partial charge in [0.2, 0.25) is 0 Å². The number of fused-ring (bicyclic) bond motifs is 1. The summed E-state index contributed by atoms with van der Waals surface area (Å²) in [5, 5.41) is 4.23. The quantitative estimate of drug-likeness (QED) is 0.759. The standard InChI is InChI=1S/C17H14BrFN2/c1-20-17(13-5-2-6-14(18)16(13)19)12-7-8-15-11(10-12)4-3-9-21-15/h2-10,17,20H,1H3. The highest BCUT2D eigenvalue weighted by atomic mass is 79.9. The van der Waals surface area contributed by atoms with Gasteiger partial charge < -0.3 is 5.32 Å². The van der Waals surface area contributed by atoms with Gasteiger partial charge in [0.05, 0.1) is 16.0 Å². The minimum atomic E-state index is -0.233. The van der Waals surface area contributed by atoms with Crippen molar-refractivity contribution in [1.82, 2.24) is 10.3 Å². The molecule has 1 atom stereocenters. The number of rotatable bonds is 3. The Morgan fingerprint density at radius 1 is 1.14 bits per heavy atom. The molecule has 0 amide bonds. The van der Waals surface area contributed by atoms with Crippen LogP contribution in [0, 0.1) is 5.82 Å². The van der Waals surface area contributed by atoms with E-state index >= 15 is 0 Å². The van der Waals surface area contributed by atoms with Crippen LogP contribution in [-0.4, -0.2) is 12.0 Å². The third kappa shape index (κ3) is 2.69. The molecule has 1 unspecified atom stereocenters. The zero-order valence-corrected chi connectivity index (χ0v) is 13.1. The van der Waals surface area contributed by atoms with E-state index in [1.807, 2.05) is 43.4 Å². The normalized spacial score (nSPS) is 12.5. The van der Waals surface area contributed by atoms with Crippen molar-refractivity contribution in [2.45, 2.75) is 6.04 Å². The number of halogens is 2. The van der Waals surface area contributed by atoms with Crippen molar-refractivity contribution >= 4 is 26.8 Å². The Bertz CT molecular complexity index is 789. The summed E-state index contributed by atoms with van der Waals surface area (Å²) in [6.07, 6.45) is 1.77. The van der Waals surface area contributed by atoms with E-state index in [2.05, 4.69) is 26.2 Å². The minimum Gasteiger partial charge on any atom is -0.309 e. The Kier molecular flexibility index (Phi) is 3.99. The zero-order chi connectivity index (χ0) is 14.8. The summed E-state index contributed by atoms with van der Waals surface area (Å²) in [5.41, 5.74) is 2.57. The number of aromatic nitrogens is 1. The lowest BCUT2D eigenvalue weighted by molar-refractivity contribution is 0.571. The molecule has 106 valence electrons. The molecule has 2 aromatic carbocycles. The molecule has 1 aromatic heterocycles. The summed E-state index contributed by atoms with van der Waals surface area (Å²) >= 11 is 3.24. The molecule has 0 aliphatic carbocycles. The Balaban J connectivity index is 2.11. The van der Waals surface area contributed by atoms with Gasteiger partial charge in [-0.2, -0.15) is 0 Å². The number of hydrogen-bond donors (Lipinski definition) is 1. The first kappa shape index (κ1) is 14.2. The van der Waals surface area contributed by atoms with Crippen LogP contribution >= 0.6 is 15.9 Å². The molecule has 3 aromatic rings. The summed E-state index contributed by atoms with van der Waals surface area (Å²) in [6.45, 7) is 0. The van der Waals surface area contributed by atoms with Gasteiger partial charge in [0.25, 0.3) is 0 Å². The third-order valence-corrected chi connectivity index (χ3v) is 4.15. The molecule has 0 fully saturated rings. The Morgan fingerprint density at radius 3 is 2.81 bits per heavy atom. The fourth-order valence-corrected chi connectivity index (χ4v) is 2.90. The van der Waals surface area contributed by atoms with Gasteiger partial charge >= 0.3 is 0 Å². The van der Waals surface area contributed by atoms with Gasteiger partial charge in [-0.1, -0.05) is 24.3 Å². The molecular formula is C17H14BrFN2. The zero-order valence-electron chi connectivity index (χ0n) is 11.5. The average molecular weight is 345 g/mol. The van der Waals surface area contributed by atoms with Crippen molar-refractivity contribution in [1.29, 1.82) is 0 Å². The van der Waals surface area contributed by atoms with Crippen LogP contribution in [0.15, 0.2) is 59.2 Å². The first-order valence-electron chi connectivity index (χ1n) is 6.66. The molecule has 0 aliphatic heterocycles. The molecule has 0 aliphatic rings. The van der Waals surface area contributed by atoms with Crippen molar-refractivity contribution in [2.24, 2.45) is 0 Å². The first-order valence-corrected chi connectivity index (χ1v) is 7.46. The third-order valence-electron chi connectivity index (χ3n) is 3.54. The average Bonchev–Trinajstić information content (AvgIpc) is 2.52. The highest BCUT2D eigenvalue weighted by Crippen LogP contribution is 2.29. The lowest BCUT2D eigenvalue weighted by Crippen LogP contribution is -2.19. The largest absolute Gasteiger partial charge is 0.309 e. The molecule has 0 bridgehead atoms. The lowest BCUT2D eigenvalue weighted by atomic mass is 9.97. The van der Waals surface area contributed by atoms with Crippen LogP contribution in [0.25, 0.3) is 10.9 Å². The highest BCUT2D eigenvalue weighted by Gasteiger charge is 2.18. The van der Waals surface area contributed by atoms with Gasteiger partial charge in [0.1, 0.15) is 5.82 Å². The molecule has 1 heterocycles. The maximum atomic E-state index is 14.3. The maximum Gasteiger partial charge on any atom is 0.142 e. The van der Waals surface area contributed by atoms with E-state index in [0.717, 1.165) is 16.5 Å². The van der Waals surface area contributed by atoms with Crippen molar-refractivity contribution in [3.63, 3.8) is 0 Å². The Morgan fingerprint density at radius 2 is 2.00 bits per heavy atom. The molecule has 21 heavy (non-hydrogen) atoms. The van der Waals surface area contributed by atoms with Crippen LogP contribution in [-0.2, 0) is 0 Å². The monoisotopic (exact) mass is 344 g/mol. The van der Waals surface area contributed by atoms with Crippen LogP contribution in [0.2, 0.25) is 0 Å². The molecule has 1 N–H and O–H groups in total. The molecule has 0 saturated heterocycles. The number of benzene rings is 2. The van der Waals surface area contributed by atoms with Crippen molar-refractivity contribution < 1.29 is 4.39 Å². The van der Waals surface area contributed by atoms with Crippen LogP contribution < -0.4 is 5.32 Å². The van der Waals surface area contributed by atoms with Crippen molar-refractivity contribution in [3.05, 3.63) is 76.1 Å². The predicted octanol–water partition coefficient (Wildman–Crippen LogP) is 4.45. The van der Waals surface area contributed by atoms with Crippen LogP contribution in [0.1, 0.15) is 17.2 Å². The molecule has 0 saturated carbocycles. The van der Waals surface area contributed by atoms with E-state index in [9.17, 15) is 4.39 Å². The Hall–Kier alpha value is -1.78. The van der Waals surface area contributed by atoms with E-state index in [4.69, 9.17) is 0 Å². The van der Waals surface area contributed by atoms with Crippen LogP contribution in [0.5, 0.6) is 0 Å². The van der Waals surface area contributed by atoms with E-state index < -0.39 is 0 Å². The van der Waals surface area contributed by atoms with Gasteiger partial charge in [0.15, 0.2) is 0 Å². The summed E-state index contributed by atoms with van der Waals surface area (Å²) in [6, 6.07) is 15.0. The number of nitrogens with zero attached hydrogens (tertiary/aromatic N) is 1. The molecule has 3 rings (SSSR count). The molecule has 4 heteroatoms. The van der Waals surface area contributed by atoms with Crippen LogP contribution in [0.3, 0.4) is 0 Å². The number of hydrogen-bond acceptors (Lipinski definition) is 2. The second-order valence-corrected chi connectivity index (χ2v) is 5.67. The molecular weight excluding hydrogens is 331 g/mol. The van der Waals surface area contributed by atoms with E-state index in [1.165, 1.54) is 0 Å². The van der Waals surface area contributed by atoms with Crippen molar-refractivity contribution in [3.8, 4) is 0 Å². The fourth-order valence-electron chi connectivity index (χ4n) is 2.52.